The Hall–Kier alpha value is -2.99. The van der Waals surface area contributed by atoms with Gasteiger partial charge < -0.3 is 19.4 Å². The molecule has 6 nitrogen and oxygen atoms in total. The molecule has 27 heavy (non-hydrogen) atoms. The molecule has 1 atom stereocenters. The zero-order valence-corrected chi connectivity index (χ0v) is 15.5. The molecule has 3 aromatic rings. The van der Waals surface area contributed by atoms with E-state index in [2.05, 4.69) is 5.32 Å². The first kappa shape index (κ1) is 17.4. The second kappa shape index (κ2) is 6.63. The van der Waals surface area contributed by atoms with E-state index in [1.807, 2.05) is 11.5 Å². The van der Waals surface area contributed by atoms with Gasteiger partial charge in [0.2, 0.25) is 5.43 Å². The lowest BCUT2D eigenvalue weighted by Crippen LogP contribution is -2.30. The Bertz CT molecular complexity index is 1120. The van der Waals surface area contributed by atoms with Crippen LogP contribution in [0.15, 0.2) is 47.4 Å². The van der Waals surface area contributed by atoms with E-state index in [9.17, 15) is 9.59 Å². The van der Waals surface area contributed by atoms with E-state index in [0.29, 0.717) is 29.2 Å². The molecule has 0 radical (unpaired) electrons. The quantitative estimate of drug-likeness (QED) is 0.747. The summed E-state index contributed by atoms with van der Waals surface area (Å²) in [5.41, 5.74) is 0.680. The molecular formula is C20H17ClN2O4. The van der Waals surface area contributed by atoms with Crippen LogP contribution in [0.4, 0.5) is 5.69 Å². The van der Waals surface area contributed by atoms with E-state index in [0.717, 1.165) is 0 Å². The molecule has 1 N–H and O–H groups in total. The van der Waals surface area contributed by atoms with Crippen molar-refractivity contribution in [2.75, 3.05) is 12.4 Å². The summed E-state index contributed by atoms with van der Waals surface area (Å²) in [6.45, 7) is 2.44. The fourth-order valence-corrected chi connectivity index (χ4v) is 3.57. The molecule has 7 heteroatoms. The second-order valence-electron chi connectivity index (χ2n) is 6.38. The van der Waals surface area contributed by atoms with Crippen LogP contribution < -0.4 is 20.2 Å². The first-order valence-electron chi connectivity index (χ1n) is 8.46. The van der Waals surface area contributed by atoms with Crippen molar-refractivity contribution in [2.24, 2.45) is 0 Å². The van der Waals surface area contributed by atoms with Gasteiger partial charge in [-0.2, -0.15) is 0 Å². The highest BCUT2D eigenvalue weighted by molar-refractivity contribution is 6.35. The number of hydrogen-bond donors (Lipinski definition) is 1. The van der Waals surface area contributed by atoms with Gasteiger partial charge >= 0.3 is 0 Å². The highest BCUT2D eigenvalue weighted by Gasteiger charge is 2.25. The number of halogens is 1. The van der Waals surface area contributed by atoms with E-state index >= 15 is 0 Å². The van der Waals surface area contributed by atoms with Gasteiger partial charge in [-0.25, -0.2) is 0 Å². The Morgan fingerprint density at radius 1 is 1.30 bits per heavy atom. The SMILES string of the molecule is COc1ccccc1NC(=O)c1cn2c3c(ccc(Cl)c3c1=O)OC(C)C2. The van der Waals surface area contributed by atoms with Gasteiger partial charge in [0.05, 0.1) is 35.3 Å². The highest BCUT2D eigenvalue weighted by Crippen LogP contribution is 2.33. The topological polar surface area (TPSA) is 69.6 Å². The van der Waals surface area contributed by atoms with E-state index in [1.54, 1.807) is 42.6 Å². The number of amides is 1. The number of nitrogens with zero attached hydrogens (tertiary/aromatic N) is 1. The average molecular weight is 385 g/mol. The second-order valence-corrected chi connectivity index (χ2v) is 6.78. The molecule has 1 aliphatic rings. The number of anilines is 1. The van der Waals surface area contributed by atoms with Gasteiger partial charge in [-0.05, 0) is 31.2 Å². The maximum atomic E-state index is 13.0. The van der Waals surface area contributed by atoms with Crippen molar-refractivity contribution >= 4 is 34.1 Å². The van der Waals surface area contributed by atoms with Crippen LogP contribution in [0.2, 0.25) is 5.02 Å². The Morgan fingerprint density at radius 3 is 2.85 bits per heavy atom. The van der Waals surface area contributed by atoms with Crippen LogP contribution in [0.25, 0.3) is 10.9 Å². The van der Waals surface area contributed by atoms with Crippen molar-refractivity contribution in [1.29, 1.82) is 0 Å². The molecule has 0 fully saturated rings. The van der Waals surface area contributed by atoms with Gasteiger partial charge in [0, 0.05) is 6.20 Å². The summed E-state index contributed by atoms with van der Waals surface area (Å²) in [5.74, 6) is 0.577. The predicted molar refractivity (Wildman–Crippen MR) is 104 cm³/mol. The smallest absolute Gasteiger partial charge is 0.261 e. The van der Waals surface area contributed by atoms with Gasteiger partial charge in [-0.3, -0.25) is 9.59 Å². The van der Waals surface area contributed by atoms with E-state index < -0.39 is 11.3 Å². The number of ether oxygens (including phenoxy) is 2. The zero-order chi connectivity index (χ0) is 19.1. The summed E-state index contributed by atoms with van der Waals surface area (Å²) in [7, 11) is 1.52. The lowest BCUT2D eigenvalue weighted by Gasteiger charge is -2.26. The van der Waals surface area contributed by atoms with Crippen LogP contribution in [0.3, 0.4) is 0 Å². The number of pyridine rings is 1. The maximum Gasteiger partial charge on any atom is 0.261 e. The number of hydrogen-bond acceptors (Lipinski definition) is 4. The van der Waals surface area contributed by atoms with Gasteiger partial charge in [-0.15, -0.1) is 0 Å². The minimum absolute atomic E-state index is 0.0153. The number of carbonyl (C=O) groups excluding carboxylic acids is 1. The van der Waals surface area contributed by atoms with E-state index in [1.165, 1.54) is 7.11 Å². The minimum Gasteiger partial charge on any atom is -0.495 e. The number of aromatic nitrogens is 1. The Morgan fingerprint density at radius 2 is 2.07 bits per heavy atom. The first-order valence-corrected chi connectivity index (χ1v) is 8.84. The van der Waals surface area contributed by atoms with Crippen LogP contribution in [-0.4, -0.2) is 23.7 Å². The third-order valence-corrected chi connectivity index (χ3v) is 4.83. The molecule has 138 valence electrons. The van der Waals surface area contributed by atoms with Crippen molar-refractivity contribution in [3.8, 4) is 11.5 Å². The molecule has 2 aromatic carbocycles. The fourth-order valence-electron chi connectivity index (χ4n) is 3.33. The lowest BCUT2D eigenvalue weighted by molar-refractivity contribution is 0.102. The van der Waals surface area contributed by atoms with Crippen molar-refractivity contribution in [3.63, 3.8) is 0 Å². The molecule has 0 aliphatic carbocycles. The third-order valence-electron chi connectivity index (χ3n) is 4.52. The van der Waals surface area contributed by atoms with E-state index in [-0.39, 0.29) is 22.1 Å². The van der Waals surface area contributed by atoms with Gasteiger partial charge in [0.1, 0.15) is 23.2 Å². The monoisotopic (exact) mass is 384 g/mol. The van der Waals surface area contributed by atoms with Crippen molar-refractivity contribution in [3.05, 3.63) is 63.4 Å². The average Bonchev–Trinajstić information content (AvgIpc) is 2.65. The summed E-state index contributed by atoms with van der Waals surface area (Å²) in [4.78, 5) is 25.9. The minimum atomic E-state index is -0.518. The van der Waals surface area contributed by atoms with Crippen LogP contribution >= 0.6 is 11.6 Å². The third kappa shape index (κ3) is 2.92. The molecule has 0 saturated heterocycles. The Balaban J connectivity index is 1.86. The summed E-state index contributed by atoms with van der Waals surface area (Å²) < 4.78 is 12.9. The largest absolute Gasteiger partial charge is 0.495 e. The molecule has 0 spiro atoms. The Labute approximate surface area is 160 Å². The van der Waals surface area contributed by atoms with Crippen LogP contribution in [0.5, 0.6) is 11.5 Å². The molecule has 1 unspecified atom stereocenters. The summed E-state index contributed by atoms with van der Waals surface area (Å²) in [6, 6.07) is 10.4. The van der Waals surface area contributed by atoms with Crippen LogP contribution in [0, 0.1) is 0 Å². The molecule has 0 bridgehead atoms. The standard InChI is InChI=1S/C20H17ClN2O4/c1-11-9-23-10-12(20(25)22-14-5-3-4-6-15(14)26-2)19(24)17-13(21)7-8-16(27-11)18(17)23/h3-8,10-11H,9H2,1-2H3,(H,22,25). The lowest BCUT2D eigenvalue weighted by atomic mass is 10.1. The first-order chi connectivity index (χ1) is 13.0. The molecule has 2 heterocycles. The van der Waals surface area contributed by atoms with Gasteiger partial charge in [0.15, 0.2) is 0 Å². The summed E-state index contributed by atoms with van der Waals surface area (Å²) in [6.07, 6.45) is 1.48. The highest BCUT2D eigenvalue weighted by atomic mass is 35.5. The number of methoxy groups -OCH3 is 1. The zero-order valence-electron chi connectivity index (χ0n) is 14.8. The number of rotatable bonds is 3. The molecule has 1 amide bonds. The molecule has 0 saturated carbocycles. The van der Waals surface area contributed by atoms with Gasteiger partial charge in [0.25, 0.3) is 5.91 Å². The normalized spacial score (nSPS) is 15.3. The molecule has 4 rings (SSSR count). The van der Waals surface area contributed by atoms with Crippen LogP contribution in [-0.2, 0) is 6.54 Å². The number of nitrogens with one attached hydrogen (secondary N) is 1. The summed E-state index contributed by atoms with van der Waals surface area (Å²) in [5, 5.41) is 3.32. The maximum absolute atomic E-state index is 13.0. The number of benzene rings is 2. The van der Waals surface area contributed by atoms with Crippen molar-refractivity contribution in [1.82, 2.24) is 4.57 Å². The van der Waals surface area contributed by atoms with Gasteiger partial charge in [-0.1, -0.05) is 23.7 Å². The van der Waals surface area contributed by atoms with Crippen LogP contribution in [0.1, 0.15) is 17.3 Å². The molecule has 1 aromatic heterocycles. The number of carbonyl (C=O) groups is 1. The molecular weight excluding hydrogens is 368 g/mol. The molecule has 1 aliphatic heterocycles. The van der Waals surface area contributed by atoms with Crippen molar-refractivity contribution < 1.29 is 14.3 Å². The Kier molecular flexibility index (Phi) is 4.28. The number of para-hydroxylation sites is 2. The van der Waals surface area contributed by atoms with Crippen molar-refractivity contribution in [2.45, 2.75) is 19.6 Å². The van der Waals surface area contributed by atoms with E-state index in [4.69, 9.17) is 21.1 Å². The summed E-state index contributed by atoms with van der Waals surface area (Å²) >= 11 is 6.29. The predicted octanol–water partition coefficient (Wildman–Crippen LogP) is 3.70. The fraction of sp³-hybridized carbons (Fsp3) is 0.200.